The van der Waals surface area contributed by atoms with Gasteiger partial charge < -0.3 is 14.4 Å². The normalized spacial score (nSPS) is 17.2. The fourth-order valence-corrected chi connectivity index (χ4v) is 5.78. The minimum atomic E-state index is -0.597. The molecule has 0 bridgehead atoms. The Morgan fingerprint density at radius 1 is 1.06 bits per heavy atom. The number of Topliss-reactive ketones (excluding diaryl/α,β-unsaturated/α-hetero) is 2. The number of fused-ring (bicyclic) bond motifs is 1. The van der Waals surface area contributed by atoms with Crippen molar-refractivity contribution in [2.24, 2.45) is 0 Å². The predicted molar refractivity (Wildman–Crippen MR) is 143 cm³/mol. The Morgan fingerprint density at radius 2 is 1.75 bits per heavy atom. The van der Waals surface area contributed by atoms with Crippen molar-refractivity contribution >= 4 is 29.2 Å². The highest BCUT2D eigenvalue weighted by molar-refractivity contribution is 7.99. The average molecular weight is 509 g/mol. The second kappa shape index (κ2) is 12.1. The van der Waals surface area contributed by atoms with Gasteiger partial charge in [0.2, 0.25) is 0 Å². The van der Waals surface area contributed by atoms with Crippen LogP contribution in [-0.4, -0.2) is 57.9 Å². The Balaban J connectivity index is 1.37. The van der Waals surface area contributed by atoms with Crippen LogP contribution >= 0.6 is 11.8 Å². The largest absolute Gasteiger partial charge is 0.489 e. The van der Waals surface area contributed by atoms with Crippen LogP contribution in [0.4, 0.5) is 0 Å². The van der Waals surface area contributed by atoms with E-state index in [1.54, 1.807) is 11.0 Å². The Bertz CT molecular complexity index is 1090. The lowest BCUT2D eigenvalue weighted by Gasteiger charge is -2.31. The molecule has 192 valence electrons. The van der Waals surface area contributed by atoms with Crippen molar-refractivity contribution in [2.75, 3.05) is 19.3 Å². The maximum absolute atomic E-state index is 13.1. The van der Waals surface area contributed by atoms with Gasteiger partial charge in [0.15, 0.2) is 5.78 Å². The number of carbonyl (C=O) groups is 3. The number of benzene rings is 2. The van der Waals surface area contributed by atoms with Gasteiger partial charge in [0.05, 0.1) is 12.6 Å². The van der Waals surface area contributed by atoms with E-state index < -0.39 is 6.04 Å². The van der Waals surface area contributed by atoms with E-state index in [1.165, 1.54) is 32.3 Å². The van der Waals surface area contributed by atoms with Gasteiger partial charge >= 0.3 is 0 Å². The van der Waals surface area contributed by atoms with E-state index in [9.17, 15) is 14.4 Å². The van der Waals surface area contributed by atoms with E-state index in [-0.39, 0.29) is 23.9 Å². The topological polar surface area (TPSA) is 66.9 Å². The summed E-state index contributed by atoms with van der Waals surface area (Å²) < 4.78 is 6.15. The van der Waals surface area contributed by atoms with E-state index in [0.29, 0.717) is 30.9 Å². The zero-order valence-electron chi connectivity index (χ0n) is 21.5. The van der Waals surface area contributed by atoms with Crippen LogP contribution in [0.1, 0.15) is 66.6 Å². The molecule has 2 aromatic carbocycles. The summed E-state index contributed by atoms with van der Waals surface area (Å²) in [7, 11) is 0. The van der Waals surface area contributed by atoms with E-state index >= 15 is 0 Å². The smallest absolute Gasteiger partial charge is 0.255 e. The fourth-order valence-electron chi connectivity index (χ4n) is 5.09. The monoisotopic (exact) mass is 508 g/mol. The number of ether oxygens (including phenoxy) is 1. The first-order chi connectivity index (χ1) is 17.4. The average Bonchev–Trinajstić information content (AvgIpc) is 3.20. The Morgan fingerprint density at radius 3 is 2.39 bits per heavy atom. The molecule has 0 spiro atoms. The molecule has 2 heterocycles. The first-order valence-corrected chi connectivity index (χ1v) is 14.0. The van der Waals surface area contributed by atoms with Crippen LogP contribution in [0, 0.1) is 0 Å². The Labute approximate surface area is 218 Å². The molecule has 0 aromatic heterocycles. The third kappa shape index (κ3) is 6.37. The molecule has 6 nitrogen and oxygen atoms in total. The molecular formula is C29H36N2O4S. The number of hydrogen-bond acceptors (Lipinski definition) is 6. The van der Waals surface area contributed by atoms with Crippen molar-refractivity contribution in [3.8, 4) is 5.75 Å². The van der Waals surface area contributed by atoms with Crippen LogP contribution < -0.4 is 4.74 Å². The molecule has 0 radical (unpaired) electrons. The predicted octanol–water partition coefficient (Wildman–Crippen LogP) is 4.88. The summed E-state index contributed by atoms with van der Waals surface area (Å²) in [5.41, 5.74) is 3.76. The molecule has 1 amide bonds. The SMILES string of the molecule is CSC1CCN(Cc2ccc(COc3cccc4c3CN(C(CCC(C)=O)C(C)=O)C4=O)cc2)CC1. The van der Waals surface area contributed by atoms with Gasteiger partial charge in [-0.1, -0.05) is 30.3 Å². The zero-order valence-corrected chi connectivity index (χ0v) is 22.3. The first kappa shape index (κ1) is 26.4. The lowest BCUT2D eigenvalue weighted by atomic mass is 10.0. The molecule has 1 unspecified atom stereocenters. The van der Waals surface area contributed by atoms with Gasteiger partial charge in [-0.05, 0) is 75.7 Å². The van der Waals surface area contributed by atoms with Crippen molar-refractivity contribution < 1.29 is 19.1 Å². The molecule has 1 atom stereocenters. The maximum Gasteiger partial charge on any atom is 0.255 e. The second-order valence-electron chi connectivity index (χ2n) is 9.90. The number of amides is 1. The Kier molecular flexibility index (Phi) is 8.86. The summed E-state index contributed by atoms with van der Waals surface area (Å²) in [6.45, 7) is 7.00. The molecule has 7 heteroatoms. The number of thioether (sulfide) groups is 1. The van der Waals surface area contributed by atoms with Crippen LogP contribution in [0.2, 0.25) is 0 Å². The van der Waals surface area contributed by atoms with Gasteiger partial charge in [0.1, 0.15) is 18.1 Å². The molecule has 2 aromatic rings. The summed E-state index contributed by atoms with van der Waals surface area (Å²) in [6, 6.07) is 13.4. The van der Waals surface area contributed by atoms with Crippen LogP contribution in [0.3, 0.4) is 0 Å². The van der Waals surface area contributed by atoms with E-state index in [2.05, 4.69) is 35.4 Å². The van der Waals surface area contributed by atoms with Crippen molar-refractivity contribution in [3.63, 3.8) is 0 Å². The molecule has 2 aliphatic rings. The third-order valence-electron chi connectivity index (χ3n) is 7.26. The summed E-state index contributed by atoms with van der Waals surface area (Å²) >= 11 is 1.98. The van der Waals surface area contributed by atoms with Crippen molar-refractivity contribution in [2.45, 2.75) is 70.5 Å². The van der Waals surface area contributed by atoms with Crippen LogP contribution in [0.5, 0.6) is 5.75 Å². The van der Waals surface area contributed by atoms with E-state index in [0.717, 1.165) is 36.0 Å². The van der Waals surface area contributed by atoms with Gasteiger partial charge in [-0.3, -0.25) is 14.5 Å². The molecule has 0 saturated carbocycles. The van der Waals surface area contributed by atoms with E-state index in [1.807, 2.05) is 23.9 Å². The molecule has 4 rings (SSSR count). The number of rotatable bonds is 11. The summed E-state index contributed by atoms with van der Waals surface area (Å²) in [4.78, 5) is 40.9. The quantitative estimate of drug-likeness (QED) is 0.431. The number of nitrogens with zero attached hydrogens (tertiary/aromatic N) is 2. The van der Waals surface area contributed by atoms with Crippen molar-refractivity contribution in [1.82, 2.24) is 9.80 Å². The lowest BCUT2D eigenvalue weighted by Crippen LogP contribution is -2.40. The zero-order chi connectivity index (χ0) is 25.7. The number of ketones is 2. The van der Waals surface area contributed by atoms with Gasteiger partial charge in [0.25, 0.3) is 5.91 Å². The highest BCUT2D eigenvalue weighted by atomic mass is 32.2. The standard InChI is InChI=1S/C29H36N2O4S/c1-20(32)7-12-27(21(2)33)31-18-26-25(29(31)34)5-4-6-28(26)35-19-23-10-8-22(9-11-23)17-30-15-13-24(36-3)14-16-30/h4-6,8-11,24,27H,7,12-19H2,1-3H3. The Hall–Kier alpha value is -2.64. The first-order valence-electron chi connectivity index (χ1n) is 12.7. The van der Waals surface area contributed by atoms with E-state index in [4.69, 9.17) is 4.74 Å². The van der Waals surface area contributed by atoms with Crippen LogP contribution in [-0.2, 0) is 29.3 Å². The van der Waals surface area contributed by atoms with Gasteiger partial charge in [-0.15, -0.1) is 0 Å². The van der Waals surface area contributed by atoms with Crippen molar-refractivity contribution in [1.29, 1.82) is 0 Å². The van der Waals surface area contributed by atoms with Crippen molar-refractivity contribution in [3.05, 3.63) is 64.7 Å². The highest BCUT2D eigenvalue weighted by Crippen LogP contribution is 2.33. The number of likely N-dealkylation sites (tertiary alicyclic amines) is 1. The molecule has 36 heavy (non-hydrogen) atoms. The molecule has 1 saturated heterocycles. The molecule has 0 N–H and O–H groups in total. The molecule has 0 aliphatic carbocycles. The number of piperidine rings is 1. The minimum absolute atomic E-state index is 0.0145. The van der Waals surface area contributed by atoms with Crippen LogP contribution in [0.25, 0.3) is 0 Å². The molecule has 1 fully saturated rings. The molecular weight excluding hydrogens is 472 g/mol. The minimum Gasteiger partial charge on any atom is -0.489 e. The molecule has 2 aliphatic heterocycles. The third-order valence-corrected chi connectivity index (χ3v) is 8.40. The van der Waals surface area contributed by atoms with Gasteiger partial charge in [-0.2, -0.15) is 11.8 Å². The number of carbonyl (C=O) groups excluding carboxylic acids is 3. The summed E-state index contributed by atoms with van der Waals surface area (Å²) in [5.74, 6) is 0.400. The number of hydrogen-bond donors (Lipinski definition) is 0. The lowest BCUT2D eigenvalue weighted by molar-refractivity contribution is -0.122. The summed E-state index contributed by atoms with van der Waals surface area (Å²) in [6.07, 6.45) is 5.36. The fraction of sp³-hybridized carbons (Fsp3) is 0.483. The summed E-state index contributed by atoms with van der Waals surface area (Å²) in [5, 5.41) is 0.802. The van der Waals surface area contributed by atoms with Gasteiger partial charge in [0, 0.05) is 29.3 Å². The maximum atomic E-state index is 13.1. The highest BCUT2D eigenvalue weighted by Gasteiger charge is 2.36. The second-order valence-corrected chi connectivity index (χ2v) is 11.0. The van der Waals surface area contributed by atoms with Gasteiger partial charge in [-0.25, -0.2) is 0 Å². The van der Waals surface area contributed by atoms with Crippen LogP contribution in [0.15, 0.2) is 42.5 Å².